The zero-order chi connectivity index (χ0) is 14.8. The normalized spacial score (nSPS) is 19.1. The average molecular weight is 318 g/mol. The number of hydrogen-bond donors (Lipinski definition) is 2. The van der Waals surface area contributed by atoms with Gasteiger partial charge in [-0.1, -0.05) is 0 Å². The van der Waals surface area contributed by atoms with Gasteiger partial charge in [-0.3, -0.25) is 0 Å². The minimum absolute atomic E-state index is 0.396. The van der Waals surface area contributed by atoms with Crippen molar-refractivity contribution in [3.63, 3.8) is 0 Å². The molecule has 114 valence electrons. The van der Waals surface area contributed by atoms with E-state index >= 15 is 0 Å². The van der Waals surface area contributed by atoms with Crippen LogP contribution in [0.3, 0.4) is 0 Å². The van der Waals surface area contributed by atoms with E-state index in [0.717, 1.165) is 10.4 Å². The highest BCUT2D eigenvalue weighted by atomic mass is 32.2. The number of aryl methyl sites for hydroxylation is 1. The number of hydrogen-bond acceptors (Lipinski definition) is 5. The third-order valence-corrected chi connectivity index (χ3v) is 6.93. The first-order valence-electron chi connectivity index (χ1n) is 6.72. The largest absolute Gasteiger partial charge is 0.381 e. The van der Waals surface area contributed by atoms with Crippen molar-refractivity contribution in [2.75, 3.05) is 20.3 Å². The van der Waals surface area contributed by atoms with Gasteiger partial charge in [0, 0.05) is 30.2 Å². The first kappa shape index (κ1) is 15.9. The fraction of sp³-hybridized carbons (Fsp3) is 0.692. The summed E-state index contributed by atoms with van der Waals surface area (Å²) in [6, 6.07) is 1.75. The lowest BCUT2D eigenvalue weighted by atomic mass is 9.94. The molecule has 0 saturated carbocycles. The van der Waals surface area contributed by atoms with Gasteiger partial charge in [-0.25, -0.2) is 13.1 Å². The molecule has 20 heavy (non-hydrogen) atoms. The SMILES string of the molecule is CNCc1sc(S(=O)(=O)NC2(C)CCOCC2)cc1C. The fourth-order valence-corrected chi connectivity index (χ4v) is 5.32. The number of ether oxygens (including phenoxy) is 1. The van der Waals surface area contributed by atoms with Crippen molar-refractivity contribution in [2.45, 2.75) is 43.0 Å². The molecule has 0 bridgehead atoms. The Morgan fingerprint density at radius 3 is 2.65 bits per heavy atom. The summed E-state index contributed by atoms with van der Waals surface area (Å²) in [5, 5.41) is 3.06. The van der Waals surface area contributed by atoms with Gasteiger partial charge < -0.3 is 10.1 Å². The van der Waals surface area contributed by atoms with Gasteiger partial charge in [0.25, 0.3) is 10.0 Å². The summed E-state index contributed by atoms with van der Waals surface area (Å²) in [6.07, 6.45) is 1.42. The van der Waals surface area contributed by atoms with Crippen molar-refractivity contribution in [3.8, 4) is 0 Å². The third-order valence-electron chi connectivity index (χ3n) is 3.58. The molecule has 2 N–H and O–H groups in total. The van der Waals surface area contributed by atoms with Gasteiger partial charge in [0.2, 0.25) is 0 Å². The second kappa shape index (κ2) is 6.11. The zero-order valence-corrected chi connectivity index (χ0v) is 13.8. The molecule has 2 heterocycles. The summed E-state index contributed by atoms with van der Waals surface area (Å²) in [5.74, 6) is 0. The van der Waals surface area contributed by atoms with Crippen LogP contribution in [0.4, 0.5) is 0 Å². The number of thiophene rings is 1. The molecule has 5 nitrogen and oxygen atoms in total. The quantitative estimate of drug-likeness (QED) is 0.866. The van der Waals surface area contributed by atoms with E-state index in [-0.39, 0.29) is 0 Å². The van der Waals surface area contributed by atoms with Crippen molar-refractivity contribution in [1.82, 2.24) is 10.0 Å². The predicted molar refractivity (Wildman–Crippen MR) is 80.6 cm³/mol. The predicted octanol–water partition coefficient (Wildman–Crippen LogP) is 1.62. The molecule has 0 spiro atoms. The van der Waals surface area contributed by atoms with Gasteiger partial charge in [0.15, 0.2) is 0 Å². The summed E-state index contributed by atoms with van der Waals surface area (Å²) in [5.41, 5.74) is 0.611. The average Bonchev–Trinajstić information content (AvgIpc) is 2.72. The van der Waals surface area contributed by atoms with Crippen LogP contribution in [0.1, 0.15) is 30.2 Å². The molecule has 1 aliphatic heterocycles. The van der Waals surface area contributed by atoms with Crippen LogP contribution in [0.2, 0.25) is 0 Å². The summed E-state index contributed by atoms with van der Waals surface area (Å²) in [6.45, 7) is 5.79. The smallest absolute Gasteiger partial charge is 0.250 e. The van der Waals surface area contributed by atoms with E-state index in [4.69, 9.17) is 4.74 Å². The molecule has 1 fully saturated rings. The minimum Gasteiger partial charge on any atom is -0.381 e. The molecule has 1 aromatic rings. The van der Waals surface area contributed by atoms with Gasteiger partial charge in [0.1, 0.15) is 4.21 Å². The van der Waals surface area contributed by atoms with Gasteiger partial charge in [-0.2, -0.15) is 0 Å². The van der Waals surface area contributed by atoms with E-state index in [9.17, 15) is 8.42 Å². The zero-order valence-electron chi connectivity index (χ0n) is 12.2. The Bertz CT molecular complexity index is 560. The highest BCUT2D eigenvalue weighted by Gasteiger charge is 2.33. The lowest BCUT2D eigenvalue weighted by Crippen LogP contribution is -2.49. The maximum absolute atomic E-state index is 12.5. The van der Waals surface area contributed by atoms with Gasteiger partial charge in [0.05, 0.1) is 0 Å². The number of nitrogens with one attached hydrogen (secondary N) is 2. The van der Waals surface area contributed by atoms with E-state index < -0.39 is 15.6 Å². The summed E-state index contributed by atoms with van der Waals surface area (Å²) in [7, 11) is -1.60. The molecule has 1 aromatic heterocycles. The van der Waals surface area contributed by atoms with Crippen molar-refractivity contribution in [3.05, 3.63) is 16.5 Å². The topological polar surface area (TPSA) is 67.4 Å². The van der Waals surface area contributed by atoms with E-state index in [2.05, 4.69) is 10.0 Å². The highest BCUT2D eigenvalue weighted by Crippen LogP contribution is 2.29. The summed E-state index contributed by atoms with van der Waals surface area (Å²) >= 11 is 1.33. The Labute approximate surface area is 124 Å². The van der Waals surface area contributed by atoms with Crippen LogP contribution in [0.15, 0.2) is 10.3 Å². The Morgan fingerprint density at radius 1 is 1.40 bits per heavy atom. The summed E-state index contributed by atoms with van der Waals surface area (Å²) < 4.78 is 33.6. The molecule has 0 unspecified atom stereocenters. The van der Waals surface area contributed by atoms with Crippen LogP contribution in [0, 0.1) is 6.92 Å². The lowest BCUT2D eigenvalue weighted by molar-refractivity contribution is 0.0538. The first-order valence-corrected chi connectivity index (χ1v) is 9.02. The van der Waals surface area contributed by atoms with Crippen molar-refractivity contribution >= 4 is 21.4 Å². The van der Waals surface area contributed by atoms with Crippen molar-refractivity contribution < 1.29 is 13.2 Å². The second-order valence-corrected chi connectivity index (χ2v) is 8.53. The van der Waals surface area contributed by atoms with E-state index in [0.29, 0.717) is 36.8 Å². The molecule has 1 aliphatic rings. The van der Waals surface area contributed by atoms with Crippen LogP contribution in [0.5, 0.6) is 0 Å². The maximum Gasteiger partial charge on any atom is 0.250 e. The molecule has 0 aliphatic carbocycles. The molecular formula is C13H22N2O3S2. The minimum atomic E-state index is -3.45. The molecule has 7 heteroatoms. The molecule has 0 atom stereocenters. The second-order valence-electron chi connectivity index (χ2n) is 5.48. The van der Waals surface area contributed by atoms with Crippen LogP contribution in [0.25, 0.3) is 0 Å². The monoisotopic (exact) mass is 318 g/mol. The Hall–Kier alpha value is -0.470. The Balaban J connectivity index is 2.19. The number of sulfonamides is 1. The van der Waals surface area contributed by atoms with E-state index in [1.165, 1.54) is 11.3 Å². The summed E-state index contributed by atoms with van der Waals surface area (Å²) in [4.78, 5) is 1.06. The standard InChI is InChI=1S/C13H22N2O3S2/c1-10-8-12(19-11(10)9-14-3)20(16,17)15-13(2)4-6-18-7-5-13/h8,14-15H,4-7,9H2,1-3H3. The Kier molecular flexibility index (Phi) is 4.86. The maximum atomic E-state index is 12.5. The van der Waals surface area contributed by atoms with Crippen LogP contribution < -0.4 is 10.0 Å². The molecular weight excluding hydrogens is 296 g/mol. The first-order chi connectivity index (χ1) is 9.36. The van der Waals surface area contributed by atoms with Gasteiger partial charge in [-0.05, 0) is 45.4 Å². The van der Waals surface area contributed by atoms with Crippen molar-refractivity contribution in [2.24, 2.45) is 0 Å². The molecule has 2 rings (SSSR count). The van der Waals surface area contributed by atoms with Crippen molar-refractivity contribution in [1.29, 1.82) is 0 Å². The molecule has 0 amide bonds. The van der Waals surface area contributed by atoms with Crippen LogP contribution >= 0.6 is 11.3 Å². The fourth-order valence-electron chi connectivity index (χ4n) is 2.26. The van der Waals surface area contributed by atoms with Gasteiger partial charge in [-0.15, -0.1) is 11.3 Å². The number of rotatable bonds is 5. The highest BCUT2D eigenvalue weighted by molar-refractivity contribution is 7.91. The third kappa shape index (κ3) is 3.59. The van der Waals surface area contributed by atoms with Crippen LogP contribution in [-0.4, -0.2) is 34.2 Å². The van der Waals surface area contributed by atoms with E-state index in [1.54, 1.807) is 6.07 Å². The van der Waals surface area contributed by atoms with Crippen LogP contribution in [-0.2, 0) is 21.3 Å². The Morgan fingerprint density at radius 2 is 2.05 bits per heavy atom. The lowest BCUT2D eigenvalue weighted by Gasteiger charge is -2.33. The van der Waals surface area contributed by atoms with E-state index in [1.807, 2.05) is 20.9 Å². The molecule has 0 radical (unpaired) electrons. The molecule has 1 saturated heterocycles. The van der Waals surface area contributed by atoms with Gasteiger partial charge >= 0.3 is 0 Å². The molecule has 0 aromatic carbocycles.